The van der Waals surface area contributed by atoms with Gasteiger partial charge in [-0.15, -0.1) is 0 Å². The zero-order valence-electron chi connectivity index (χ0n) is 15.0. The number of nitrogens with one attached hydrogen (secondary N) is 2. The lowest BCUT2D eigenvalue weighted by molar-refractivity contribution is -0.118. The first-order valence-corrected chi connectivity index (χ1v) is 10.6. The molecular weight excluding hydrogens is 408 g/mol. The van der Waals surface area contributed by atoms with Crippen molar-refractivity contribution in [2.24, 2.45) is 0 Å². The van der Waals surface area contributed by atoms with E-state index in [1.807, 2.05) is 9.44 Å². The number of nitrogens with two attached hydrogens (primary N) is 2. The molecule has 12 heteroatoms. The number of rotatable bonds is 4. The quantitative estimate of drug-likeness (QED) is 0.498. The molecule has 2 aromatic carbocycles. The molecule has 0 aliphatic rings. The second-order valence-electron chi connectivity index (χ2n) is 5.46. The van der Waals surface area contributed by atoms with E-state index >= 15 is 0 Å². The Morgan fingerprint density at radius 3 is 1.11 bits per heavy atom. The lowest BCUT2D eigenvalue weighted by Crippen LogP contribution is -2.28. The van der Waals surface area contributed by atoms with Gasteiger partial charge in [0.2, 0.25) is 11.8 Å². The van der Waals surface area contributed by atoms with E-state index < -0.39 is 31.9 Å². The maximum Gasteiger partial charge on any atom is 0.264 e. The van der Waals surface area contributed by atoms with Gasteiger partial charge >= 0.3 is 0 Å². The SMILES string of the molecule is CC(=O)NS(=O)(=O)c1ccc(N)cc1.CC(=O)NS(=O)(=O)c1ccc(N)cc1. The molecule has 0 aromatic heterocycles. The molecule has 0 saturated heterocycles. The third-order valence-corrected chi connectivity index (χ3v) is 5.83. The third-order valence-electron chi connectivity index (χ3n) is 2.94. The van der Waals surface area contributed by atoms with Gasteiger partial charge in [0.15, 0.2) is 0 Å². The number of nitrogen functional groups attached to an aromatic ring is 2. The minimum atomic E-state index is -3.73. The van der Waals surface area contributed by atoms with E-state index in [0.29, 0.717) is 11.4 Å². The Hall–Kier alpha value is -3.12. The molecule has 6 N–H and O–H groups in total. The number of amides is 2. The fourth-order valence-corrected chi connectivity index (χ4v) is 3.77. The predicted molar refractivity (Wildman–Crippen MR) is 104 cm³/mol. The number of carbonyl (C=O) groups is 2. The third kappa shape index (κ3) is 7.25. The molecule has 0 fully saturated rings. The lowest BCUT2D eigenvalue weighted by atomic mass is 10.3. The molecule has 2 aromatic rings. The summed E-state index contributed by atoms with van der Waals surface area (Å²) in [6.07, 6.45) is 0. The van der Waals surface area contributed by atoms with E-state index in [9.17, 15) is 26.4 Å². The van der Waals surface area contributed by atoms with Crippen LogP contribution in [-0.4, -0.2) is 28.6 Å². The molecule has 152 valence electrons. The second-order valence-corrected chi connectivity index (χ2v) is 8.83. The summed E-state index contributed by atoms with van der Waals surface area (Å²) in [7, 11) is -7.46. The molecule has 0 atom stereocenters. The minimum Gasteiger partial charge on any atom is -0.399 e. The van der Waals surface area contributed by atoms with E-state index in [1.165, 1.54) is 48.5 Å². The zero-order valence-corrected chi connectivity index (χ0v) is 16.7. The summed E-state index contributed by atoms with van der Waals surface area (Å²) < 4.78 is 49.2. The first kappa shape index (κ1) is 22.9. The number of benzene rings is 2. The van der Waals surface area contributed by atoms with Gasteiger partial charge in [-0.2, -0.15) is 0 Å². The Morgan fingerprint density at radius 2 is 0.893 bits per heavy atom. The minimum absolute atomic E-state index is 0.0156. The van der Waals surface area contributed by atoms with E-state index in [0.717, 1.165) is 13.8 Å². The summed E-state index contributed by atoms with van der Waals surface area (Å²) in [6, 6.07) is 11.1. The average molecular weight is 428 g/mol. The zero-order chi connectivity index (χ0) is 21.5. The Morgan fingerprint density at radius 1 is 0.643 bits per heavy atom. The molecule has 0 bridgehead atoms. The van der Waals surface area contributed by atoms with Gasteiger partial charge < -0.3 is 11.5 Å². The maximum absolute atomic E-state index is 11.4. The standard InChI is InChI=1S/2C8H10N2O3S/c2*1-6(11)10-14(12,13)8-4-2-7(9)3-5-8/h2*2-5H,9H2,1H3,(H,10,11). The van der Waals surface area contributed by atoms with Crippen LogP contribution in [0, 0.1) is 0 Å². The lowest BCUT2D eigenvalue weighted by Gasteiger charge is -2.04. The van der Waals surface area contributed by atoms with Crippen molar-refractivity contribution in [3.05, 3.63) is 48.5 Å². The van der Waals surface area contributed by atoms with Crippen LogP contribution in [0.3, 0.4) is 0 Å². The highest BCUT2D eigenvalue weighted by atomic mass is 32.2. The van der Waals surface area contributed by atoms with E-state index in [1.54, 1.807) is 0 Å². The van der Waals surface area contributed by atoms with Crippen molar-refractivity contribution < 1.29 is 26.4 Å². The first-order valence-electron chi connectivity index (χ1n) is 7.61. The summed E-state index contributed by atoms with van der Waals surface area (Å²) in [6.45, 7) is 2.27. The number of anilines is 2. The molecule has 0 spiro atoms. The maximum atomic E-state index is 11.4. The summed E-state index contributed by atoms with van der Waals surface area (Å²) >= 11 is 0. The van der Waals surface area contributed by atoms with Gasteiger partial charge in [0.1, 0.15) is 0 Å². The Kier molecular flexibility index (Phi) is 7.52. The van der Waals surface area contributed by atoms with Crippen LogP contribution >= 0.6 is 0 Å². The predicted octanol–water partition coefficient (Wildman–Crippen LogP) is 0.187. The van der Waals surface area contributed by atoms with Gasteiger partial charge in [0.05, 0.1) is 9.79 Å². The molecular formula is C16H20N4O6S2. The molecule has 2 amide bonds. The highest BCUT2D eigenvalue weighted by Crippen LogP contribution is 2.11. The van der Waals surface area contributed by atoms with Gasteiger partial charge in [-0.1, -0.05) is 0 Å². The van der Waals surface area contributed by atoms with Crippen molar-refractivity contribution in [2.75, 3.05) is 11.5 Å². The van der Waals surface area contributed by atoms with Crippen molar-refractivity contribution in [1.29, 1.82) is 0 Å². The highest BCUT2D eigenvalue weighted by Gasteiger charge is 2.15. The fourth-order valence-electron chi connectivity index (χ4n) is 1.79. The Labute approximate surface area is 163 Å². The van der Waals surface area contributed by atoms with Gasteiger partial charge in [-0.05, 0) is 48.5 Å². The second kappa shape index (κ2) is 9.19. The number of hydrogen-bond donors (Lipinski definition) is 4. The summed E-state index contributed by atoms with van der Waals surface area (Å²) in [4.78, 5) is 21.2. The molecule has 0 heterocycles. The first-order chi connectivity index (χ1) is 12.8. The molecule has 0 aliphatic heterocycles. The number of hydrogen-bond acceptors (Lipinski definition) is 8. The Balaban J connectivity index is 0.000000280. The van der Waals surface area contributed by atoms with Crippen molar-refractivity contribution >= 4 is 43.2 Å². The molecule has 2 rings (SSSR count). The van der Waals surface area contributed by atoms with Crippen molar-refractivity contribution in [3.8, 4) is 0 Å². The van der Waals surface area contributed by atoms with Gasteiger partial charge in [0, 0.05) is 25.2 Å². The smallest absolute Gasteiger partial charge is 0.264 e. The molecule has 0 saturated carbocycles. The van der Waals surface area contributed by atoms with Crippen LogP contribution in [0.25, 0.3) is 0 Å². The van der Waals surface area contributed by atoms with Crippen molar-refractivity contribution in [1.82, 2.24) is 9.44 Å². The summed E-state index contributed by atoms with van der Waals surface area (Å²) in [5.74, 6) is -1.25. The van der Waals surface area contributed by atoms with E-state index in [-0.39, 0.29) is 9.79 Å². The Bertz CT molecular complexity index is 960. The highest BCUT2D eigenvalue weighted by molar-refractivity contribution is 7.90. The fraction of sp³-hybridized carbons (Fsp3) is 0.125. The number of carbonyl (C=O) groups excluding carboxylic acids is 2. The normalized spacial score (nSPS) is 10.9. The van der Waals surface area contributed by atoms with Gasteiger partial charge in [0.25, 0.3) is 20.0 Å². The van der Waals surface area contributed by atoms with E-state index in [2.05, 4.69) is 0 Å². The van der Waals surface area contributed by atoms with Crippen LogP contribution in [0.5, 0.6) is 0 Å². The van der Waals surface area contributed by atoms with Crippen LogP contribution in [0.2, 0.25) is 0 Å². The average Bonchev–Trinajstić information content (AvgIpc) is 2.54. The molecule has 28 heavy (non-hydrogen) atoms. The molecule has 10 nitrogen and oxygen atoms in total. The summed E-state index contributed by atoms with van der Waals surface area (Å²) in [5, 5.41) is 0. The van der Waals surface area contributed by atoms with Gasteiger partial charge in [-0.3, -0.25) is 9.59 Å². The topological polar surface area (TPSA) is 179 Å². The van der Waals surface area contributed by atoms with Crippen LogP contribution < -0.4 is 20.9 Å². The van der Waals surface area contributed by atoms with Gasteiger partial charge in [-0.25, -0.2) is 26.3 Å². The van der Waals surface area contributed by atoms with Crippen LogP contribution in [0.4, 0.5) is 11.4 Å². The van der Waals surface area contributed by atoms with Crippen molar-refractivity contribution in [2.45, 2.75) is 23.6 Å². The summed E-state index contributed by atoms with van der Waals surface area (Å²) in [5.41, 5.74) is 11.7. The monoisotopic (exact) mass is 428 g/mol. The molecule has 0 aliphatic carbocycles. The molecule has 0 unspecified atom stereocenters. The van der Waals surface area contributed by atoms with Crippen LogP contribution in [0.1, 0.15) is 13.8 Å². The van der Waals surface area contributed by atoms with Crippen LogP contribution in [0.15, 0.2) is 58.3 Å². The molecule has 0 radical (unpaired) electrons. The number of sulfonamides is 2. The van der Waals surface area contributed by atoms with Crippen LogP contribution in [-0.2, 0) is 29.6 Å². The largest absolute Gasteiger partial charge is 0.399 e. The van der Waals surface area contributed by atoms with E-state index in [4.69, 9.17) is 11.5 Å². The van der Waals surface area contributed by atoms with Crippen molar-refractivity contribution in [3.63, 3.8) is 0 Å².